The van der Waals surface area contributed by atoms with Crippen molar-refractivity contribution in [2.75, 3.05) is 6.54 Å². The summed E-state index contributed by atoms with van der Waals surface area (Å²) < 4.78 is 0. The van der Waals surface area contributed by atoms with Gasteiger partial charge in [-0.3, -0.25) is 14.4 Å². The lowest BCUT2D eigenvalue weighted by Crippen LogP contribution is -2.54. The van der Waals surface area contributed by atoms with Gasteiger partial charge in [0, 0.05) is 0 Å². The number of Topliss-reactive ketones (excluding diaryl/α,β-unsaturated/α-hetero) is 1. The van der Waals surface area contributed by atoms with E-state index in [1.165, 1.54) is 11.5 Å². The molecule has 88 valence electrons. The Labute approximate surface area is 105 Å². The van der Waals surface area contributed by atoms with Crippen LogP contribution in [-0.4, -0.2) is 33.7 Å². The molecule has 5 nitrogen and oxygen atoms in total. The van der Waals surface area contributed by atoms with E-state index >= 15 is 0 Å². The minimum absolute atomic E-state index is 0.248. The van der Waals surface area contributed by atoms with Gasteiger partial charge in [0.1, 0.15) is 0 Å². The molecule has 0 saturated heterocycles. The molecule has 7 heteroatoms. The van der Waals surface area contributed by atoms with Gasteiger partial charge in [-0.2, -0.15) is 0 Å². The Morgan fingerprint density at radius 1 is 1.69 bits per heavy atom. The Morgan fingerprint density at radius 2 is 2.31 bits per heavy atom. The van der Waals surface area contributed by atoms with E-state index < -0.39 is 21.3 Å². The molecule has 2 unspecified atom stereocenters. The van der Waals surface area contributed by atoms with E-state index in [4.69, 9.17) is 5.73 Å². The second-order valence-electron chi connectivity index (χ2n) is 3.33. The van der Waals surface area contributed by atoms with Crippen LogP contribution >= 0.6 is 27.7 Å². The fraction of sp³-hybridized carbons (Fsp3) is 0.444. The van der Waals surface area contributed by atoms with Crippen molar-refractivity contribution in [3.8, 4) is 0 Å². The highest BCUT2D eigenvalue weighted by molar-refractivity contribution is 9.10. The fourth-order valence-electron chi connectivity index (χ4n) is 1.03. The van der Waals surface area contributed by atoms with Gasteiger partial charge in [0.15, 0.2) is 11.3 Å². The monoisotopic (exact) mass is 306 g/mol. The van der Waals surface area contributed by atoms with E-state index in [1.807, 2.05) is 0 Å². The van der Waals surface area contributed by atoms with Crippen LogP contribution in [0.25, 0.3) is 0 Å². The minimum atomic E-state index is -1.59. The molecule has 0 aromatic heterocycles. The molecule has 0 aliphatic carbocycles. The van der Waals surface area contributed by atoms with Gasteiger partial charge in [-0.1, -0.05) is 27.7 Å². The largest absolute Gasteiger partial charge is 0.348 e. The van der Waals surface area contributed by atoms with Gasteiger partial charge in [-0.05, 0) is 18.4 Å². The SMILES string of the molecule is CC(Br)C(=O)NCC(=O)C1(N)C=CSC1=O. The van der Waals surface area contributed by atoms with Crippen LogP contribution in [0.2, 0.25) is 0 Å². The Balaban J connectivity index is 2.56. The normalized spacial score (nSPS) is 25.6. The lowest BCUT2D eigenvalue weighted by molar-refractivity contribution is -0.130. The fourth-order valence-corrected chi connectivity index (χ4v) is 1.97. The molecule has 0 aromatic carbocycles. The predicted molar refractivity (Wildman–Crippen MR) is 65.1 cm³/mol. The number of ketones is 1. The average molecular weight is 307 g/mol. The number of carbonyl (C=O) groups excluding carboxylic acids is 3. The maximum absolute atomic E-state index is 11.7. The van der Waals surface area contributed by atoms with Crippen molar-refractivity contribution in [3.63, 3.8) is 0 Å². The third-order valence-corrected chi connectivity index (χ3v) is 3.33. The van der Waals surface area contributed by atoms with E-state index in [9.17, 15) is 14.4 Å². The summed E-state index contributed by atoms with van der Waals surface area (Å²) in [6, 6.07) is 0. The van der Waals surface area contributed by atoms with Crippen LogP contribution in [0.5, 0.6) is 0 Å². The summed E-state index contributed by atoms with van der Waals surface area (Å²) in [7, 11) is 0. The quantitative estimate of drug-likeness (QED) is 0.561. The maximum atomic E-state index is 11.7. The van der Waals surface area contributed by atoms with Crippen LogP contribution in [0.4, 0.5) is 0 Å². The van der Waals surface area contributed by atoms with Crippen LogP contribution in [0.3, 0.4) is 0 Å². The molecule has 1 heterocycles. The van der Waals surface area contributed by atoms with E-state index in [1.54, 1.807) is 6.92 Å². The zero-order valence-corrected chi connectivity index (χ0v) is 10.9. The van der Waals surface area contributed by atoms with Crippen molar-refractivity contribution in [1.82, 2.24) is 5.32 Å². The molecule has 0 saturated carbocycles. The first-order chi connectivity index (χ1) is 7.38. The van der Waals surface area contributed by atoms with Crippen molar-refractivity contribution in [3.05, 3.63) is 11.5 Å². The number of hydrogen-bond donors (Lipinski definition) is 2. The predicted octanol–water partition coefficient (Wildman–Crippen LogP) is -0.0603. The Morgan fingerprint density at radius 3 is 2.75 bits per heavy atom. The minimum Gasteiger partial charge on any atom is -0.348 e. The molecule has 3 N–H and O–H groups in total. The van der Waals surface area contributed by atoms with Gasteiger partial charge >= 0.3 is 0 Å². The lowest BCUT2D eigenvalue weighted by Gasteiger charge is -2.18. The summed E-state index contributed by atoms with van der Waals surface area (Å²) in [5, 5.41) is 3.46. The number of rotatable bonds is 4. The Bertz CT molecular complexity index is 370. The molecule has 0 bridgehead atoms. The summed E-state index contributed by atoms with van der Waals surface area (Å²) in [5.41, 5.74) is 4.05. The molecule has 0 aromatic rings. The van der Waals surface area contributed by atoms with E-state index in [0.717, 1.165) is 11.8 Å². The van der Waals surface area contributed by atoms with Gasteiger partial charge in [0.2, 0.25) is 11.0 Å². The first-order valence-electron chi connectivity index (χ1n) is 4.50. The number of nitrogens with one attached hydrogen (secondary N) is 1. The maximum Gasteiger partial charge on any atom is 0.233 e. The number of carbonyl (C=O) groups is 3. The molecule has 0 radical (unpaired) electrons. The topological polar surface area (TPSA) is 89.3 Å². The van der Waals surface area contributed by atoms with Crippen LogP contribution in [-0.2, 0) is 14.4 Å². The van der Waals surface area contributed by atoms with Crippen LogP contribution in [0.1, 0.15) is 6.92 Å². The zero-order chi connectivity index (χ0) is 12.3. The number of nitrogens with two attached hydrogens (primary N) is 1. The number of amides is 1. The molecular formula is C9H11BrN2O3S. The zero-order valence-electron chi connectivity index (χ0n) is 8.53. The molecule has 1 aliphatic rings. The third kappa shape index (κ3) is 2.72. The number of alkyl halides is 1. The molecule has 2 atom stereocenters. The van der Waals surface area contributed by atoms with E-state index in [0.29, 0.717) is 0 Å². The van der Waals surface area contributed by atoms with Crippen LogP contribution in [0, 0.1) is 0 Å². The summed E-state index contributed by atoms with van der Waals surface area (Å²) in [4.78, 5) is 33.8. The molecule has 0 fully saturated rings. The Hall–Kier alpha value is -0.660. The smallest absolute Gasteiger partial charge is 0.233 e. The molecule has 1 amide bonds. The van der Waals surface area contributed by atoms with Gasteiger partial charge < -0.3 is 11.1 Å². The van der Waals surface area contributed by atoms with Crippen molar-refractivity contribution < 1.29 is 14.4 Å². The highest BCUT2D eigenvalue weighted by atomic mass is 79.9. The standard InChI is InChI=1S/C9H11BrN2O3S/c1-5(10)7(14)12-4-6(13)9(11)2-3-16-8(9)15/h2-3,5H,4,11H2,1H3,(H,12,14). The first kappa shape index (κ1) is 13.4. The van der Waals surface area contributed by atoms with E-state index in [-0.39, 0.29) is 12.5 Å². The second kappa shape index (κ2) is 5.11. The average Bonchev–Trinajstić information content (AvgIpc) is 2.56. The van der Waals surface area contributed by atoms with Crippen LogP contribution in [0.15, 0.2) is 11.5 Å². The van der Waals surface area contributed by atoms with E-state index in [2.05, 4.69) is 21.2 Å². The number of thioether (sulfide) groups is 1. The summed E-state index contributed by atoms with van der Waals surface area (Å²) in [6.07, 6.45) is 1.35. The number of hydrogen-bond acceptors (Lipinski definition) is 5. The first-order valence-corrected chi connectivity index (χ1v) is 6.30. The summed E-state index contributed by atoms with van der Waals surface area (Å²) >= 11 is 3.94. The highest BCUT2D eigenvalue weighted by Crippen LogP contribution is 2.25. The highest BCUT2D eigenvalue weighted by Gasteiger charge is 2.42. The van der Waals surface area contributed by atoms with Crippen molar-refractivity contribution >= 4 is 44.5 Å². The van der Waals surface area contributed by atoms with Crippen molar-refractivity contribution in [2.45, 2.75) is 17.3 Å². The van der Waals surface area contributed by atoms with Gasteiger partial charge in [0.05, 0.1) is 11.4 Å². The summed E-state index contributed by atoms with van der Waals surface area (Å²) in [5.74, 6) is -0.834. The Kier molecular flexibility index (Phi) is 4.28. The van der Waals surface area contributed by atoms with Gasteiger partial charge in [0.25, 0.3) is 0 Å². The number of halogens is 1. The van der Waals surface area contributed by atoms with Gasteiger partial charge in [-0.25, -0.2) is 0 Å². The lowest BCUT2D eigenvalue weighted by atomic mass is 9.97. The third-order valence-electron chi connectivity index (χ3n) is 2.09. The molecular weight excluding hydrogens is 296 g/mol. The van der Waals surface area contributed by atoms with Crippen molar-refractivity contribution in [2.24, 2.45) is 5.73 Å². The van der Waals surface area contributed by atoms with Gasteiger partial charge in [-0.15, -0.1) is 0 Å². The van der Waals surface area contributed by atoms with Crippen LogP contribution < -0.4 is 11.1 Å². The second-order valence-corrected chi connectivity index (χ2v) is 5.59. The summed E-state index contributed by atoms with van der Waals surface area (Å²) in [6.45, 7) is 1.39. The molecule has 1 aliphatic heterocycles. The van der Waals surface area contributed by atoms with Crippen molar-refractivity contribution in [1.29, 1.82) is 0 Å². The molecule has 16 heavy (non-hydrogen) atoms. The molecule has 0 spiro atoms. The molecule has 1 rings (SSSR count).